The Morgan fingerprint density at radius 1 is 1.11 bits per heavy atom. The molecule has 0 radical (unpaired) electrons. The molecule has 150 valence electrons. The lowest BCUT2D eigenvalue weighted by Crippen LogP contribution is -2.51. The molecule has 3 rings (SSSR count). The van der Waals surface area contributed by atoms with Gasteiger partial charge in [0.15, 0.2) is 0 Å². The summed E-state index contributed by atoms with van der Waals surface area (Å²) in [5.41, 5.74) is 0.273. The number of carbonyl (C=O) groups is 2. The van der Waals surface area contributed by atoms with Crippen molar-refractivity contribution < 1.29 is 23.5 Å². The molecule has 1 aliphatic rings. The van der Waals surface area contributed by atoms with Gasteiger partial charge in [-0.2, -0.15) is 0 Å². The maximum absolute atomic E-state index is 14.4. The van der Waals surface area contributed by atoms with Crippen LogP contribution in [0.15, 0.2) is 42.5 Å². The average molecular weight is 412 g/mol. The highest BCUT2D eigenvalue weighted by molar-refractivity contribution is 5.92. The highest BCUT2D eigenvalue weighted by atomic mass is 35.5. The molecule has 0 spiro atoms. The summed E-state index contributed by atoms with van der Waals surface area (Å²) in [7, 11) is 0. The summed E-state index contributed by atoms with van der Waals surface area (Å²) in [6, 6.07) is 8.69. The Balaban J connectivity index is 0.00000280. The van der Waals surface area contributed by atoms with E-state index >= 15 is 0 Å². The van der Waals surface area contributed by atoms with E-state index in [-0.39, 0.29) is 36.1 Å². The van der Waals surface area contributed by atoms with Crippen LogP contribution in [0.2, 0.25) is 0 Å². The third kappa shape index (κ3) is 4.96. The molecular formula is C19H20ClF2N3O3. The van der Waals surface area contributed by atoms with E-state index in [1.54, 1.807) is 11.0 Å². The number of hydrogen-bond acceptors (Lipinski definition) is 3. The van der Waals surface area contributed by atoms with Crippen molar-refractivity contribution in [3.05, 3.63) is 65.2 Å². The van der Waals surface area contributed by atoms with Gasteiger partial charge < -0.3 is 15.3 Å². The Morgan fingerprint density at radius 3 is 2.43 bits per heavy atom. The molecule has 0 bridgehead atoms. The summed E-state index contributed by atoms with van der Waals surface area (Å²) in [5, 5.41) is 12.1. The fraction of sp³-hybridized carbons (Fsp3) is 0.263. The summed E-state index contributed by atoms with van der Waals surface area (Å²) in [6.45, 7) is 2.13. The Morgan fingerprint density at radius 2 is 1.82 bits per heavy atom. The maximum atomic E-state index is 14.4. The predicted octanol–water partition coefficient (Wildman–Crippen LogP) is 3.12. The van der Waals surface area contributed by atoms with Gasteiger partial charge in [-0.25, -0.2) is 18.4 Å². The van der Waals surface area contributed by atoms with Crippen LogP contribution in [0.4, 0.5) is 19.3 Å². The zero-order chi connectivity index (χ0) is 19.4. The van der Waals surface area contributed by atoms with E-state index in [1.165, 1.54) is 35.2 Å². The first-order valence-corrected chi connectivity index (χ1v) is 8.50. The van der Waals surface area contributed by atoms with Crippen LogP contribution in [0, 0.1) is 11.6 Å². The normalized spacial score (nSPS) is 13.6. The molecule has 0 aliphatic carbocycles. The Hall–Kier alpha value is -2.71. The molecule has 2 amide bonds. The molecule has 1 heterocycles. The number of urea groups is 1. The zero-order valence-electron chi connectivity index (χ0n) is 14.9. The molecule has 28 heavy (non-hydrogen) atoms. The van der Waals surface area contributed by atoms with Crippen molar-refractivity contribution in [3.63, 3.8) is 0 Å². The maximum Gasteiger partial charge on any atom is 0.335 e. The number of benzene rings is 2. The lowest BCUT2D eigenvalue weighted by atomic mass is 10.1. The smallest absolute Gasteiger partial charge is 0.335 e. The molecule has 1 fully saturated rings. The number of amides is 2. The van der Waals surface area contributed by atoms with Crippen LogP contribution in [0.5, 0.6) is 0 Å². The van der Waals surface area contributed by atoms with Crippen LogP contribution in [0.1, 0.15) is 15.9 Å². The van der Waals surface area contributed by atoms with Gasteiger partial charge in [-0.05, 0) is 30.3 Å². The number of piperazine rings is 1. The van der Waals surface area contributed by atoms with Crippen LogP contribution in [0.3, 0.4) is 0 Å². The van der Waals surface area contributed by atoms with E-state index in [4.69, 9.17) is 5.11 Å². The van der Waals surface area contributed by atoms with E-state index in [1.807, 2.05) is 0 Å². The number of nitrogens with zero attached hydrogens (tertiary/aromatic N) is 2. The van der Waals surface area contributed by atoms with Gasteiger partial charge in [0.2, 0.25) is 0 Å². The first-order valence-electron chi connectivity index (χ1n) is 8.50. The summed E-state index contributed by atoms with van der Waals surface area (Å²) in [6.07, 6.45) is 0. The van der Waals surface area contributed by atoms with Gasteiger partial charge >= 0.3 is 12.0 Å². The summed E-state index contributed by atoms with van der Waals surface area (Å²) in [4.78, 5) is 26.9. The number of anilines is 1. The Kier molecular flexibility index (Phi) is 7.31. The number of rotatable bonds is 4. The molecule has 0 atom stereocenters. The molecule has 0 saturated carbocycles. The fourth-order valence-corrected chi connectivity index (χ4v) is 2.92. The number of carboxylic acids is 1. The number of nitrogens with one attached hydrogen (secondary N) is 1. The first kappa shape index (κ1) is 21.6. The number of hydrogen-bond donors (Lipinski definition) is 2. The second-order valence-electron chi connectivity index (χ2n) is 6.20. The van der Waals surface area contributed by atoms with Gasteiger partial charge in [0, 0.05) is 37.4 Å². The third-order valence-electron chi connectivity index (χ3n) is 4.37. The van der Waals surface area contributed by atoms with Crippen molar-refractivity contribution in [1.29, 1.82) is 0 Å². The van der Waals surface area contributed by atoms with Crippen molar-refractivity contribution in [2.24, 2.45) is 0 Å². The number of halogens is 3. The van der Waals surface area contributed by atoms with Crippen molar-refractivity contribution in [3.8, 4) is 0 Å². The Labute approximate surface area is 167 Å². The molecule has 2 N–H and O–H groups in total. The monoisotopic (exact) mass is 411 g/mol. The van der Waals surface area contributed by atoms with Gasteiger partial charge in [-0.15, -0.1) is 12.4 Å². The fourth-order valence-electron chi connectivity index (χ4n) is 2.92. The standard InChI is InChI=1S/C19H19F2N3O3.ClH/c20-15-2-1-3-16(11-15)24(19(27)23-8-6-22-7-9-23)12-14-5-4-13(18(25)26)10-17(14)21;/h1-5,10-11,22H,6-9,12H2,(H,25,26);1H. The number of aromatic carboxylic acids is 1. The topological polar surface area (TPSA) is 72.9 Å². The molecule has 6 nitrogen and oxygen atoms in total. The highest BCUT2D eigenvalue weighted by Gasteiger charge is 2.25. The van der Waals surface area contributed by atoms with E-state index < -0.39 is 17.6 Å². The first-order chi connectivity index (χ1) is 13.0. The van der Waals surface area contributed by atoms with Crippen LogP contribution in [-0.4, -0.2) is 48.2 Å². The second-order valence-corrected chi connectivity index (χ2v) is 6.20. The average Bonchev–Trinajstić information content (AvgIpc) is 2.67. The molecule has 2 aromatic rings. The van der Waals surface area contributed by atoms with Gasteiger partial charge in [0.25, 0.3) is 0 Å². The highest BCUT2D eigenvalue weighted by Crippen LogP contribution is 2.22. The molecule has 0 unspecified atom stereocenters. The Bertz CT molecular complexity index is 860. The molecule has 0 aromatic heterocycles. The summed E-state index contributed by atoms with van der Waals surface area (Å²) in [5.74, 6) is -2.48. The predicted molar refractivity (Wildman–Crippen MR) is 103 cm³/mol. The number of carboxylic acid groups (broad SMARTS) is 1. The van der Waals surface area contributed by atoms with Crippen molar-refractivity contribution in [2.45, 2.75) is 6.54 Å². The minimum absolute atomic E-state index is 0. The third-order valence-corrected chi connectivity index (χ3v) is 4.37. The van der Waals surface area contributed by atoms with E-state index in [0.29, 0.717) is 31.9 Å². The van der Waals surface area contributed by atoms with Gasteiger partial charge in [0.1, 0.15) is 11.6 Å². The second kappa shape index (κ2) is 9.48. The summed E-state index contributed by atoms with van der Waals surface area (Å²) >= 11 is 0. The molecule has 1 saturated heterocycles. The minimum Gasteiger partial charge on any atom is -0.478 e. The van der Waals surface area contributed by atoms with Gasteiger partial charge in [-0.1, -0.05) is 12.1 Å². The van der Waals surface area contributed by atoms with Crippen LogP contribution >= 0.6 is 12.4 Å². The van der Waals surface area contributed by atoms with E-state index in [2.05, 4.69) is 5.32 Å². The van der Waals surface area contributed by atoms with Gasteiger partial charge in [-0.3, -0.25) is 4.90 Å². The molecule has 2 aromatic carbocycles. The van der Waals surface area contributed by atoms with Gasteiger partial charge in [0.05, 0.1) is 12.1 Å². The number of carbonyl (C=O) groups excluding carboxylic acids is 1. The minimum atomic E-state index is -1.24. The van der Waals surface area contributed by atoms with E-state index in [0.717, 1.165) is 6.07 Å². The van der Waals surface area contributed by atoms with Crippen LogP contribution < -0.4 is 10.2 Å². The molecular weight excluding hydrogens is 392 g/mol. The lowest BCUT2D eigenvalue weighted by Gasteiger charge is -2.33. The van der Waals surface area contributed by atoms with Crippen LogP contribution in [0.25, 0.3) is 0 Å². The SMILES string of the molecule is Cl.O=C(O)c1ccc(CN(C(=O)N2CCNCC2)c2cccc(F)c2)c(F)c1. The van der Waals surface area contributed by atoms with E-state index in [9.17, 15) is 18.4 Å². The molecule has 9 heteroatoms. The quantitative estimate of drug-likeness (QED) is 0.810. The largest absolute Gasteiger partial charge is 0.478 e. The summed E-state index contributed by atoms with van der Waals surface area (Å²) < 4.78 is 28.1. The lowest BCUT2D eigenvalue weighted by molar-refractivity contribution is 0.0696. The van der Waals surface area contributed by atoms with Crippen LogP contribution in [-0.2, 0) is 6.54 Å². The van der Waals surface area contributed by atoms with Crippen molar-refractivity contribution >= 4 is 30.1 Å². The van der Waals surface area contributed by atoms with Crippen molar-refractivity contribution in [2.75, 3.05) is 31.1 Å². The zero-order valence-corrected chi connectivity index (χ0v) is 15.7. The van der Waals surface area contributed by atoms with Crippen molar-refractivity contribution in [1.82, 2.24) is 10.2 Å². The molecule has 1 aliphatic heterocycles.